The van der Waals surface area contributed by atoms with Crippen LogP contribution in [0.25, 0.3) is 0 Å². The molecule has 2 atom stereocenters. The van der Waals surface area contributed by atoms with Gasteiger partial charge >= 0.3 is 0 Å². The number of hydrogen-bond donors (Lipinski definition) is 2. The van der Waals surface area contributed by atoms with Crippen LogP contribution < -0.4 is 5.32 Å². The molecule has 0 radical (unpaired) electrons. The Morgan fingerprint density at radius 1 is 1.17 bits per heavy atom. The minimum atomic E-state index is -0.202. The normalized spacial score (nSPS) is 31.9. The Kier molecular flexibility index (Phi) is 4.66. The number of amides is 1. The molecule has 1 amide bonds. The van der Waals surface area contributed by atoms with E-state index < -0.39 is 0 Å². The van der Waals surface area contributed by atoms with Gasteiger partial charge < -0.3 is 10.4 Å². The molecule has 2 aliphatic carbocycles. The maximum Gasteiger partial charge on any atom is 0.225 e. The van der Waals surface area contributed by atoms with Gasteiger partial charge in [-0.15, -0.1) is 0 Å². The van der Waals surface area contributed by atoms with Gasteiger partial charge in [-0.3, -0.25) is 4.79 Å². The summed E-state index contributed by atoms with van der Waals surface area (Å²) < 4.78 is 0. The lowest BCUT2D eigenvalue weighted by atomic mass is 9.81. The summed E-state index contributed by atoms with van der Waals surface area (Å²) >= 11 is 0. The summed E-state index contributed by atoms with van der Waals surface area (Å²) in [5.41, 5.74) is -0.167. The van der Waals surface area contributed by atoms with Crippen LogP contribution in [-0.4, -0.2) is 23.7 Å². The predicted molar refractivity (Wildman–Crippen MR) is 72.2 cm³/mol. The summed E-state index contributed by atoms with van der Waals surface area (Å²) in [5, 5.41) is 12.9. The molecule has 3 nitrogen and oxygen atoms in total. The number of rotatable bonds is 3. The topological polar surface area (TPSA) is 49.3 Å². The van der Waals surface area contributed by atoms with Crippen LogP contribution in [0, 0.1) is 11.3 Å². The molecule has 2 saturated carbocycles. The van der Waals surface area contributed by atoms with Gasteiger partial charge in [0.1, 0.15) is 0 Å². The van der Waals surface area contributed by atoms with E-state index in [4.69, 9.17) is 0 Å². The zero-order chi connectivity index (χ0) is 13.0. The fourth-order valence-electron chi connectivity index (χ4n) is 3.43. The molecule has 0 heterocycles. The first kappa shape index (κ1) is 13.9. The molecule has 2 unspecified atom stereocenters. The zero-order valence-corrected chi connectivity index (χ0v) is 11.6. The van der Waals surface area contributed by atoms with Crippen molar-refractivity contribution in [3.8, 4) is 0 Å². The molecule has 0 bridgehead atoms. The molecule has 104 valence electrons. The van der Waals surface area contributed by atoms with Crippen molar-refractivity contribution < 1.29 is 9.90 Å². The van der Waals surface area contributed by atoms with Gasteiger partial charge in [0.05, 0.1) is 6.10 Å². The SMILES string of the molecule is CC1(C(=O)NCC2CCCC2O)CCCCCC1. The van der Waals surface area contributed by atoms with E-state index in [0.29, 0.717) is 6.54 Å². The van der Waals surface area contributed by atoms with Crippen LogP contribution in [-0.2, 0) is 4.79 Å². The number of aliphatic hydroxyl groups is 1. The Morgan fingerprint density at radius 3 is 2.39 bits per heavy atom. The molecular weight excluding hydrogens is 226 g/mol. The van der Waals surface area contributed by atoms with Crippen molar-refractivity contribution >= 4 is 5.91 Å². The van der Waals surface area contributed by atoms with Gasteiger partial charge in [0.25, 0.3) is 0 Å². The van der Waals surface area contributed by atoms with Crippen molar-refractivity contribution in [3.63, 3.8) is 0 Å². The molecule has 18 heavy (non-hydrogen) atoms. The second-order valence-electron chi connectivity index (χ2n) is 6.44. The number of carbonyl (C=O) groups is 1. The second-order valence-corrected chi connectivity index (χ2v) is 6.44. The van der Waals surface area contributed by atoms with Gasteiger partial charge in [0.15, 0.2) is 0 Å². The Bertz CT molecular complexity index is 282. The lowest BCUT2D eigenvalue weighted by Crippen LogP contribution is -2.41. The summed E-state index contributed by atoms with van der Waals surface area (Å²) in [6.07, 6.45) is 9.78. The van der Waals surface area contributed by atoms with Gasteiger partial charge in [0, 0.05) is 17.9 Å². The van der Waals surface area contributed by atoms with Gasteiger partial charge in [-0.2, -0.15) is 0 Å². The molecule has 0 aliphatic heterocycles. The van der Waals surface area contributed by atoms with E-state index in [2.05, 4.69) is 12.2 Å². The first-order valence-electron chi connectivity index (χ1n) is 7.58. The maximum absolute atomic E-state index is 12.3. The number of aliphatic hydroxyl groups excluding tert-OH is 1. The largest absolute Gasteiger partial charge is 0.393 e. The summed E-state index contributed by atoms with van der Waals surface area (Å²) in [5.74, 6) is 0.492. The fraction of sp³-hybridized carbons (Fsp3) is 0.933. The maximum atomic E-state index is 12.3. The monoisotopic (exact) mass is 253 g/mol. The van der Waals surface area contributed by atoms with E-state index in [0.717, 1.165) is 32.1 Å². The molecular formula is C15H27NO2. The summed E-state index contributed by atoms with van der Waals surface area (Å²) in [6, 6.07) is 0. The molecule has 0 aromatic rings. The molecule has 2 N–H and O–H groups in total. The molecule has 0 saturated heterocycles. The molecule has 0 aromatic heterocycles. The molecule has 2 fully saturated rings. The highest BCUT2D eigenvalue weighted by Gasteiger charge is 2.34. The van der Waals surface area contributed by atoms with Gasteiger partial charge in [-0.25, -0.2) is 0 Å². The van der Waals surface area contributed by atoms with Crippen molar-refractivity contribution in [1.82, 2.24) is 5.32 Å². The highest BCUT2D eigenvalue weighted by molar-refractivity contribution is 5.82. The average molecular weight is 253 g/mol. The first-order valence-corrected chi connectivity index (χ1v) is 7.58. The molecule has 0 spiro atoms. The van der Waals surface area contributed by atoms with E-state index in [1.165, 1.54) is 25.7 Å². The zero-order valence-electron chi connectivity index (χ0n) is 11.6. The van der Waals surface area contributed by atoms with E-state index in [9.17, 15) is 9.90 Å². The summed E-state index contributed by atoms with van der Waals surface area (Å²) in [6.45, 7) is 2.77. The van der Waals surface area contributed by atoms with Crippen molar-refractivity contribution in [2.75, 3.05) is 6.54 Å². The third-order valence-corrected chi connectivity index (χ3v) is 4.90. The van der Waals surface area contributed by atoms with Crippen molar-refractivity contribution in [1.29, 1.82) is 0 Å². The van der Waals surface area contributed by atoms with Crippen molar-refractivity contribution in [2.24, 2.45) is 11.3 Å². The fourth-order valence-corrected chi connectivity index (χ4v) is 3.43. The lowest BCUT2D eigenvalue weighted by Gasteiger charge is -2.28. The smallest absolute Gasteiger partial charge is 0.225 e. The van der Waals surface area contributed by atoms with Crippen molar-refractivity contribution in [2.45, 2.75) is 70.8 Å². The second kappa shape index (κ2) is 6.05. The Labute approximate surface area is 110 Å². The van der Waals surface area contributed by atoms with Gasteiger partial charge in [0.2, 0.25) is 5.91 Å². The quantitative estimate of drug-likeness (QED) is 0.760. The minimum absolute atomic E-state index is 0.167. The van der Waals surface area contributed by atoms with Crippen LogP contribution >= 0.6 is 0 Å². The minimum Gasteiger partial charge on any atom is -0.393 e. The lowest BCUT2D eigenvalue weighted by molar-refractivity contribution is -0.131. The van der Waals surface area contributed by atoms with Crippen LogP contribution in [0.1, 0.15) is 64.7 Å². The summed E-state index contributed by atoms with van der Waals surface area (Å²) in [7, 11) is 0. The Balaban J connectivity index is 1.82. The molecule has 2 aliphatic rings. The Hall–Kier alpha value is -0.570. The van der Waals surface area contributed by atoms with E-state index in [1.807, 2.05) is 0 Å². The number of nitrogens with one attached hydrogen (secondary N) is 1. The highest BCUT2D eigenvalue weighted by Crippen LogP contribution is 2.35. The molecule has 0 aromatic carbocycles. The van der Waals surface area contributed by atoms with E-state index in [-0.39, 0.29) is 23.3 Å². The first-order chi connectivity index (χ1) is 8.62. The molecule has 3 heteroatoms. The van der Waals surface area contributed by atoms with Crippen LogP contribution in [0.15, 0.2) is 0 Å². The van der Waals surface area contributed by atoms with E-state index >= 15 is 0 Å². The molecule has 2 rings (SSSR count). The number of carbonyl (C=O) groups excluding carboxylic acids is 1. The average Bonchev–Trinajstić information content (AvgIpc) is 2.61. The van der Waals surface area contributed by atoms with Gasteiger partial charge in [-0.05, 0) is 25.7 Å². The standard InChI is InChI=1S/C15H27NO2/c1-15(9-4-2-3-5-10-15)14(18)16-11-12-7-6-8-13(12)17/h12-13,17H,2-11H2,1H3,(H,16,18). The van der Waals surface area contributed by atoms with Crippen molar-refractivity contribution in [3.05, 3.63) is 0 Å². The highest BCUT2D eigenvalue weighted by atomic mass is 16.3. The predicted octanol–water partition coefficient (Wildman–Crippen LogP) is 2.62. The van der Waals surface area contributed by atoms with Crippen LogP contribution in [0.5, 0.6) is 0 Å². The van der Waals surface area contributed by atoms with Gasteiger partial charge in [-0.1, -0.05) is 39.0 Å². The third-order valence-electron chi connectivity index (χ3n) is 4.90. The third kappa shape index (κ3) is 3.25. The summed E-state index contributed by atoms with van der Waals surface area (Å²) in [4.78, 5) is 12.3. The number of hydrogen-bond acceptors (Lipinski definition) is 2. The van der Waals surface area contributed by atoms with Crippen LogP contribution in [0.2, 0.25) is 0 Å². The van der Waals surface area contributed by atoms with Crippen LogP contribution in [0.3, 0.4) is 0 Å². The van der Waals surface area contributed by atoms with E-state index in [1.54, 1.807) is 0 Å². The Morgan fingerprint density at radius 2 is 1.83 bits per heavy atom. The van der Waals surface area contributed by atoms with Crippen LogP contribution in [0.4, 0.5) is 0 Å².